The van der Waals surface area contributed by atoms with Crippen molar-refractivity contribution in [2.45, 2.75) is 19.9 Å². The molecule has 0 radical (unpaired) electrons. The molecule has 0 bridgehead atoms. The van der Waals surface area contributed by atoms with Gasteiger partial charge in [0.2, 0.25) is 11.0 Å². The van der Waals surface area contributed by atoms with Gasteiger partial charge in [-0.1, -0.05) is 0 Å². The summed E-state index contributed by atoms with van der Waals surface area (Å²) in [5.41, 5.74) is 3.53. The lowest BCUT2D eigenvalue weighted by atomic mass is 10.2. The molecule has 9 nitrogen and oxygen atoms in total. The first-order valence-electron chi connectivity index (χ1n) is 10.1. The van der Waals surface area contributed by atoms with Gasteiger partial charge < -0.3 is 9.64 Å². The topological polar surface area (TPSA) is 99.8 Å². The molecule has 0 saturated carbocycles. The summed E-state index contributed by atoms with van der Waals surface area (Å²) < 4.78 is 5.19. The lowest BCUT2D eigenvalue weighted by Crippen LogP contribution is -2.29. The first-order chi connectivity index (χ1) is 15.9. The fourth-order valence-electron chi connectivity index (χ4n) is 3.13. The summed E-state index contributed by atoms with van der Waals surface area (Å²) >= 11 is 1.33. The second-order valence-electron chi connectivity index (χ2n) is 7.35. The maximum absolute atomic E-state index is 12.9. The Morgan fingerprint density at radius 3 is 2.48 bits per heavy atom. The zero-order chi connectivity index (χ0) is 23.5. The van der Waals surface area contributed by atoms with Gasteiger partial charge in [0.25, 0.3) is 5.91 Å². The molecular weight excluding hydrogens is 440 g/mol. The number of hydrogen-bond acceptors (Lipinski definition) is 8. The highest BCUT2D eigenvalue weighted by molar-refractivity contribution is 7.14. The van der Waals surface area contributed by atoms with E-state index in [9.17, 15) is 9.59 Å². The standard InChI is InChI=1S/C23H22N6O3S/c1-14-21(26-25-17-7-9-18(10-8-17)28(3)15(2)30)22(31)29(27-14)23-24-20(13-33-23)16-5-11-19(32-4)12-6-16/h5-13,21H,1-4H3/t21-/m1/s1. The summed E-state index contributed by atoms with van der Waals surface area (Å²) in [6.45, 7) is 3.24. The lowest BCUT2D eigenvalue weighted by molar-refractivity contribution is -0.118. The Morgan fingerprint density at radius 2 is 1.85 bits per heavy atom. The van der Waals surface area contributed by atoms with Gasteiger partial charge in [-0.15, -0.1) is 11.3 Å². The number of hydrazone groups is 1. The van der Waals surface area contributed by atoms with Crippen LogP contribution in [-0.2, 0) is 9.59 Å². The second-order valence-corrected chi connectivity index (χ2v) is 8.18. The van der Waals surface area contributed by atoms with E-state index in [-0.39, 0.29) is 11.8 Å². The normalized spacial score (nSPS) is 15.8. The zero-order valence-corrected chi connectivity index (χ0v) is 19.4. The number of thiazole rings is 1. The molecule has 1 aromatic heterocycles. The van der Waals surface area contributed by atoms with Crippen LogP contribution in [0.1, 0.15) is 13.8 Å². The van der Waals surface area contributed by atoms with Gasteiger partial charge in [-0.05, 0) is 55.5 Å². The second kappa shape index (κ2) is 9.29. The Labute approximate surface area is 195 Å². The molecule has 2 aromatic carbocycles. The first-order valence-corrected chi connectivity index (χ1v) is 11.0. The van der Waals surface area contributed by atoms with Crippen LogP contribution in [0.2, 0.25) is 0 Å². The first kappa shape index (κ1) is 22.3. The van der Waals surface area contributed by atoms with Crippen LogP contribution >= 0.6 is 11.3 Å². The molecule has 0 spiro atoms. The summed E-state index contributed by atoms with van der Waals surface area (Å²) in [6.07, 6.45) is 0. The molecule has 1 aliphatic rings. The summed E-state index contributed by atoms with van der Waals surface area (Å²) in [5.74, 6) is 0.392. The molecular formula is C23H22N6O3S. The number of rotatable bonds is 6. The summed E-state index contributed by atoms with van der Waals surface area (Å²) in [7, 11) is 3.31. The number of ether oxygens (including phenoxy) is 1. The summed E-state index contributed by atoms with van der Waals surface area (Å²) in [4.78, 5) is 30.5. The van der Waals surface area contributed by atoms with E-state index in [1.165, 1.54) is 28.2 Å². The SMILES string of the molecule is COc1ccc(-c2csc(N3N=C(C)[C@@H](N=Nc4ccc(N(C)C(C)=O)cc4)C3=O)n2)cc1. The fourth-order valence-corrected chi connectivity index (χ4v) is 3.92. The van der Waals surface area contributed by atoms with Gasteiger partial charge in [-0.2, -0.15) is 20.3 Å². The van der Waals surface area contributed by atoms with Crippen LogP contribution in [0.5, 0.6) is 5.75 Å². The molecule has 0 fully saturated rings. The highest BCUT2D eigenvalue weighted by Crippen LogP contribution is 2.31. The van der Waals surface area contributed by atoms with Crippen molar-refractivity contribution >= 4 is 45.4 Å². The Balaban J connectivity index is 1.47. The number of benzene rings is 2. The van der Waals surface area contributed by atoms with Crippen molar-refractivity contribution < 1.29 is 14.3 Å². The summed E-state index contributed by atoms with van der Waals surface area (Å²) in [6, 6.07) is 13.8. The highest BCUT2D eigenvalue weighted by atomic mass is 32.1. The number of amides is 2. The van der Waals surface area contributed by atoms with Crippen LogP contribution in [0.25, 0.3) is 11.3 Å². The molecule has 10 heteroatoms. The van der Waals surface area contributed by atoms with Crippen LogP contribution in [0.3, 0.4) is 0 Å². The van der Waals surface area contributed by atoms with E-state index < -0.39 is 6.04 Å². The Morgan fingerprint density at radius 1 is 1.15 bits per heavy atom. The number of nitrogens with zero attached hydrogens (tertiary/aromatic N) is 6. The van der Waals surface area contributed by atoms with E-state index in [4.69, 9.17) is 4.74 Å². The lowest BCUT2D eigenvalue weighted by Gasteiger charge is -2.14. The van der Waals surface area contributed by atoms with Crippen LogP contribution in [0, 0.1) is 0 Å². The third kappa shape index (κ3) is 4.65. The van der Waals surface area contributed by atoms with E-state index in [1.807, 2.05) is 29.6 Å². The van der Waals surface area contributed by atoms with Gasteiger partial charge in [-0.3, -0.25) is 9.59 Å². The van der Waals surface area contributed by atoms with Gasteiger partial charge in [0, 0.05) is 30.6 Å². The van der Waals surface area contributed by atoms with Crippen molar-refractivity contribution in [3.8, 4) is 17.0 Å². The molecule has 168 valence electrons. The average molecular weight is 463 g/mol. The van der Waals surface area contributed by atoms with Crippen molar-refractivity contribution in [1.82, 2.24) is 4.98 Å². The Hall–Kier alpha value is -3.92. The minimum Gasteiger partial charge on any atom is -0.497 e. The van der Waals surface area contributed by atoms with Gasteiger partial charge in [0.15, 0.2) is 6.04 Å². The number of aromatic nitrogens is 1. The van der Waals surface area contributed by atoms with Crippen molar-refractivity contribution in [2.75, 3.05) is 24.1 Å². The van der Waals surface area contributed by atoms with Gasteiger partial charge >= 0.3 is 0 Å². The number of carbonyl (C=O) groups excluding carboxylic acids is 2. The van der Waals surface area contributed by atoms with Crippen molar-refractivity contribution in [1.29, 1.82) is 0 Å². The zero-order valence-electron chi connectivity index (χ0n) is 18.6. The van der Waals surface area contributed by atoms with Crippen LogP contribution < -0.4 is 14.6 Å². The number of anilines is 2. The summed E-state index contributed by atoms with van der Waals surface area (Å²) in [5, 5.41) is 16.4. The fraction of sp³-hybridized carbons (Fsp3) is 0.217. The molecule has 2 heterocycles. The van der Waals surface area contributed by atoms with Crippen LogP contribution in [-0.4, -0.2) is 42.7 Å². The van der Waals surface area contributed by atoms with Crippen LogP contribution in [0.4, 0.5) is 16.5 Å². The van der Waals surface area contributed by atoms with Gasteiger partial charge in [0.1, 0.15) is 5.75 Å². The number of azo groups is 1. The molecule has 0 unspecified atom stereocenters. The van der Waals surface area contributed by atoms with E-state index in [0.29, 0.717) is 16.5 Å². The van der Waals surface area contributed by atoms with E-state index in [0.717, 1.165) is 22.7 Å². The maximum Gasteiger partial charge on any atom is 0.282 e. The highest BCUT2D eigenvalue weighted by Gasteiger charge is 2.36. The molecule has 0 aliphatic carbocycles. The molecule has 2 amide bonds. The van der Waals surface area contributed by atoms with Gasteiger partial charge in [0.05, 0.1) is 24.2 Å². The van der Waals surface area contributed by atoms with Crippen molar-refractivity contribution in [3.63, 3.8) is 0 Å². The van der Waals surface area contributed by atoms with E-state index in [1.54, 1.807) is 45.3 Å². The predicted molar refractivity (Wildman–Crippen MR) is 129 cm³/mol. The average Bonchev–Trinajstić information content (AvgIpc) is 3.42. The minimum atomic E-state index is -0.807. The van der Waals surface area contributed by atoms with E-state index >= 15 is 0 Å². The molecule has 1 atom stereocenters. The third-order valence-electron chi connectivity index (χ3n) is 5.15. The van der Waals surface area contributed by atoms with Crippen molar-refractivity contribution in [3.05, 3.63) is 53.9 Å². The van der Waals surface area contributed by atoms with Crippen LogP contribution in [0.15, 0.2) is 69.2 Å². The number of carbonyl (C=O) groups is 2. The Kier molecular flexibility index (Phi) is 6.27. The molecule has 4 rings (SSSR count). The molecule has 1 aliphatic heterocycles. The number of hydrogen-bond donors (Lipinski definition) is 0. The third-order valence-corrected chi connectivity index (χ3v) is 5.97. The molecule has 0 saturated heterocycles. The van der Waals surface area contributed by atoms with Gasteiger partial charge in [-0.25, -0.2) is 4.98 Å². The minimum absolute atomic E-state index is 0.0646. The Bertz CT molecular complexity index is 1230. The predicted octanol–water partition coefficient (Wildman–Crippen LogP) is 4.68. The molecule has 3 aromatic rings. The molecule has 33 heavy (non-hydrogen) atoms. The largest absolute Gasteiger partial charge is 0.497 e. The monoisotopic (exact) mass is 462 g/mol. The van der Waals surface area contributed by atoms with E-state index in [2.05, 4.69) is 20.3 Å². The van der Waals surface area contributed by atoms with Crippen molar-refractivity contribution in [2.24, 2.45) is 15.3 Å². The number of methoxy groups -OCH3 is 1. The maximum atomic E-state index is 12.9. The molecule has 0 N–H and O–H groups in total. The smallest absolute Gasteiger partial charge is 0.282 e. The quantitative estimate of drug-likeness (QED) is 0.497.